The van der Waals surface area contributed by atoms with Crippen molar-refractivity contribution in [1.29, 1.82) is 0 Å². The third kappa shape index (κ3) is 2.79. The second kappa shape index (κ2) is 5.40. The number of halogens is 2. The van der Waals surface area contributed by atoms with Crippen LogP contribution in [0.2, 0.25) is 0 Å². The molecule has 4 nitrogen and oxygen atoms in total. The quantitative estimate of drug-likeness (QED) is 0.698. The molecule has 0 saturated carbocycles. The monoisotopic (exact) mass is 291 g/mol. The Hall–Kier alpha value is -2.63. The van der Waals surface area contributed by atoms with Gasteiger partial charge in [0.15, 0.2) is 0 Å². The summed E-state index contributed by atoms with van der Waals surface area (Å²) < 4.78 is 36.9. The highest BCUT2D eigenvalue weighted by atomic mass is 19.1. The van der Waals surface area contributed by atoms with Crippen LogP contribution in [-0.2, 0) is 6.61 Å². The molecule has 0 fully saturated rings. The first-order valence-corrected chi connectivity index (χ1v) is 6.21. The molecule has 0 bridgehead atoms. The number of nitrogens with zero attached hydrogens (tertiary/aromatic N) is 1. The Morgan fingerprint density at radius 1 is 1.14 bits per heavy atom. The van der Waals surface area contributed by atoms with Gasteiger partial charge < -0.3 is 14.7 Å². The zero-order valence-corrected chi connectivity index (χ0v) is 10.8. The molecule has 3 rings (SSSR count). The zero-order valence-electron chi connectivity index (χ0n) is 10.8. The van der Waals surface area contributed by atoms with Crippen LogP contribution in [0.1, 0.15) is 11.1 Å². The van der Waals surface area contributed by atoms with Crippen LogP contribution in [0.3, 0.4) is 0 Å². The Bertz CT molecular complexity index is 696. The molecular formula is C15H11F2NO3. The average molecular weight is 291 g/mol. The third-order valence-electron chi connectivity index (χ3n) is 3.08. The first kappa shape index (κ1) is 13.4. The predicted octanol–water partition coefficient (Wildman–Crippen LogP) is 3.11. The maximum absolute atomic E-state index is 13.1. The number of hydrogen-bond donors (Lipinski definition) is 1. The summed E-state index contributed by atoms with van der Waals surface area (Å²) in [6, 6.07) is 8.26. The van der Waals surface area contributed by atoms with Crippen LogP contribution < -0.4 is 9.47 Å². The van der Waals surface area contributed by atoms with Gasteiger partial charge in [-0.1, -0.05) is 5.16 Å². The van der Waals surface area contributed by atoms with E-state index in [1.807, 2.05) is 0 Å². The van der Waals surface area contributed by atoms with Gasteiger partial charge >= 0.3 is 0 Å². The second-order valence-electron chi connectivity index (χ2n) is 4.56. The lowest BCUT2D eigenvalue weighted by molar-refractivity contribution is 0.301. The average Bonchev–Trinajstić information content (AvgIpc) is 2.86. The van der Waals surface area contributed by atoms with E-state index in [2.05, 4.69) is 5.16 Å². The molecule has 108 valence electrons. The summed E-state index contributed by atoms with van der Waals surface area (Å²) in [5, 5.41) is 11.9. The van der Waals surface area contributed by atoms with E-state index in [9.17, 15) is 8.78 Å². The molecule has 2 aromatic carbocycles. The summed E-state index contributed by atoms with van der Waals surface area (Å²) in [5.41, 5.74) is 1.54. The van der Waals surface area contributed by atoms with Crippen molar-refractivity contribution in [3.63, 3.8) is 0 Å². The van der Waals surface area contributed by atoms with Gasteiger partial charge in [-0.15, -0.1) is 0 Å². The van der Waals surface area contributed by atoms with E-state index in [1.54, 1.807) is 18.2 Å². The molecule has 0 radical (unpaired) electrons. The molecule has 2 aromatic rings. The lowest BCUT2D eigenvalue weighted by atomic mass is 10.1. The minimum atomic E-state index is -0.644. The number of hydrogen-bond acceptors (Lipinski definition) is 4. The van der Waals surface area contributed by atoms with E-state index in [0.29, 0.717) is 28.3 Å². The maximum Gasteiger partial charge on any atom is 0.134 e. The Kier molecular flexibility index (Phi) is 3.43. The van der Waals surface area contributed by atoms with Crippen LogP contribution in [-0.4, -0.2) is 17.5 Å². The highest BCUT2D eigenvalue weighted by molar-refractivity contribution is 6.05. The normalized spacial score (nSPS) is 14.9. The molecular weight excluding hydrogens is 280 g/mol. The molecule has 0 unspecified atom stereocenters. The van der Waals surface area contributed by atoms with E-state index >= 15 is 0 Å². The summed E-state index contributed by atoms with van der Waals surface area (Å²) in [7, 11) is 0. The first-order chi connectivity index (χ1) is 10.2. The molecule has 1 aliphatic heterocycles. The smallest absolute Gasteiger partial charge is 0.134 e. The van der Waals surface area contributed by atoms with Crippen molar-refractivity contribution in [2.75, 3.05) is 6.61 Å². The third-order valence-corrected chi connectivity index (χ3v) is 3.08. The van der Waals surface area contributed by atoms with Crippen LogP contribution >= 0.6 is 0 Å². The van der Waals surface area contributed by atoms with Crippen molar-refractivity contribution in [2.45, 2.75) is 6.61 Å². The number of rotatable bonds is 3. The molecule has 1 aliphatic rings. The standard InChI is InChI=1S/C15H11F2NO3/c16-10-3-9(4-11(17)5-10)7-20-12-1-2-13-14(18-19)8-21-15(13)6-12/h1-6,19H,7-8H2/b18-14-. The minimum Gasteiger partial charge on any atom is -0.489 e. The number of fused-ring (bicyclic) bond motifs is 1. The SMILES string of the molecule is O/N=C1/COc2cc(OCc3cc(F)cc(F)c3)ccc21. The summed E-state index contributed by atoms with van der Waals surface area (Å²) in [6.07, 6.45) is 0. The molecule has 0 amide bonds. The van der Waals surface area contributed by atoms with Crippen LogP contribution in [0.4, 0.5) is 8.78 Å². The van der Waals surface area contributed by atoms with E-state index in [0.717, 1.165) is 6.07 Å². The molecule has 0 spiro atoms. The highest BCUT2D eigenvalue weighted by Gasteiger charge is 2.20. The molecule has 21 heavy (non-hydrogen) atoms. The zero-order chi connectivity index (χ0) is 14.8. The molecule has 1 heterocycles. The van der Waals surface area contributed by atoms with Crippen molar-refractivity contribution in [1.82, 2.24) is 0 Å². The highest BCUT2D eigenvalue weighted by Crippen LogP contribution is 2.30. The largest absolute Gasteiger partial charge is 0.489 e. The number of ether oxygens (including phenoxy) is 2. The summed E-state index contributed by atoms with van der Waals surface area (Å²) in [5.74, 6) is -0.243. The second-order valence-corrected chi connectivity index (χ2v) is 4.56. The molecule has 1 N–H and O–H groups in total. The van der Waals surface area contributed by atoms with Gasteiger partial charge in [0.1, 0.15) is 42.1 Å². The molecule has 0 saturated heterocycles. The fraction of sp³-hybridized carbons (Fsp3) is 0.133. The van der Waals surface area contributed by atoms with Gasteiger partial charge in [0.2, 0.25) is 0 Å². The Morgan fingerprint density at radius 3 is 2.62 bits per heavy atom. The predicted molar refractivity (Wildman–Crippen MR) is 71.0 cm³/mol. The van der Waals surface area contributed by atoms with Gasteiger partial charge in [0.25, 0.3) is 0 Å². The Balaban J connectivity index is 1.74. The summed E-state index contributed by atoms with van der Waals surface area (Å²) in [4.78, 5) is 0. The van der Waals surface area contributed by atoms with Crippen molar-refractivity contribution in [2.24, 2.45) is 5.16 Å². The van der Waals surface area contributed by atoms with Gasteiger partial charge in [-0.05, 0) is 29.8 Å². The van der Waals surface area contributed by atoms with Crippen molar-refractivity contribution in [3.8, 4) is 11.5 Å². The maximum atomic E-state index is 13.1. The number of benzene rings is 2. The van der Waals surface area contributed by atoms with Crippen molar-refractivity contribution in [3.05, 3.63) is 59.2 Å². The van der Waals surface area contributed by atoms with Gasteiger partial charge in [-0.3, -0.25) is 0 Å². The molecule has 0 aliphatic carbocycles. The van der Waals surface area contributed by atoms with E-state index < -0.39 is 11.6 Å². The fourth-order valence-electron chi connectivity index (χ4n) is 2.12. The molecule has 6 heteroatoms. The lowest BCUT2D eigenvalue weighted by Crippen LogP contribution is -2.01. The molecule has 0 aromatic heterocycles. The lowest BCUT2D eigenvalue weighted by Gasteiger charge is -2.08. The van der Waals surface area contributed by atoms with Gasteiger partial charge in [-0.25, -0.2) is 8.78 Å². The Labute approximate surface area is 119 Å². The number of oxime groups is 1. The van der Waals surface area contributed by atoms with Crippen LogP contribution in [0.25, 0.3) is 0 Å². The minimum absolute atomic E-state index is 0.0361. The molecule has 0 atom stereocenters. The van der Waals surface area contributed by atoms with Crippen molar-refractivity contribution < 1.29 is 23.5 Å². The van der Waals surface area contributed by atoms with Crippen LogP contribution in [0.5, 0.6) is 11.5 Å². The van der Waals surface area contributed by atoms with Crippen LogP contribution in [0.15, 0.2) is 41.6 Å². The van der Waals surface area contributed by atoms with Gasteiger partial charge in [-0.2, -0.15) is 0 Å². The Morgan fingerprint density at radius 2 is 1.90 bits per heavy atom. The fourth-order valence-corrected chi connectivity index (χ4v) is 2.12. The van der Waals surface area contributed by atoms with Gasteiger partial charge in [0.05, 0.1) is 0 Å². The van der Waals surface area contributed by atoms with Crippen LogP contribution in [0, 0.1) is 11.6 Å². The first-order valence-electron chi connectivity index (χ1n) is 6.21. The topological polar surface area (TPSA) is 51.1 Å². The summed E-state index contributed by atoms with van der Waals surface area (Å²) >= 11 is 0. The summed E-state index contributed by atoms with van der Waals surface area (Å²) in [6.45, 7) is 0.235. The van der Waals surface area contributed by atoms with E-state index in [4.69, 9.17) is 14.7 Å². The van der Waals surface area contributed by atoms with Crippen molar-refractivity contribution >= 4 is 5.71 Å². The van der Waals surface area contributed by atoms with E-state index in [1.165, 1.54) is 12.1 Å². The van der Waals surface area contributed by atoms with Gasteiger partial charge in [0, 0.05) is 17.7 Å². The van der Waals surface area contributed by atoms with E-state index in [-0.39, 0.29) is 13.2 Å².